The first-order valence-electron chi connectivity index (χ1n) is 13.6. The summed E-state index contributed by atoms with van der Waals surface area (Å²) in [5.74, 6) is -0.0148. The maximum atomic E-state index is 14.0. The van der Waals surface area contributed by atoms with Crippen molar-refractivity contribution in [3.05, 3.63) is 120 Å². The Morgan fingerprint density at radius 3 is 2.52 bits per heavy atom. The Labute approximate surface area is 253 Å². The second-order valence-corrected chi connectivity index (χ2v) is 12.4. The van der Waals surface area contributed by atoms with Crippen LogP contribution in [0.15, 0.2) is 87.8 Å². The molecular formula is C33H31BrN4O4. The van der Waals surface area contributed by atoms with Crippen molar-refractivity contribution in [3.63, 3.8) is 0 Å². The Morgan fingerprint density at radius 2 is 1.83 bits per heavy atom. The molecule has 0 fully saturated rings. The lowest BCUT2D eigenvalue weighted by atomic mass is 9.68. The average molecular weight is 628 g/mol. The number of rotatable bonds is 6. The van der Waals surface area contributed by atoms with Crippen LogP contribution in [0.5, 0.6) is 5.75 Å². The molecule has 0 aromatic heterocycles. The van der Waals surface area contributed by atoms with Crippen molar-refractivity contribution in [2.45, 2.75) is 53.1 Å². The minimum Gasteiger partial charge on any atom is -0.488 e. The standard InChI is InChI=1S/C33H31BrN4O4/c1-19-13-21(18-42-29-12-8-5-9-24(29)34)20(2)22(14-19)30-23(17-35)32(36)37(25-10-6-7-11-26(25)38(40)41)27-15-33(3,4)16-28(39)31(27)30/h5-14,30H,15-16,18,36H2,1-4H3. The van der Waals surface area contributed by atoms with E-state index in [1.807, 2.05) is 64.1 Å². The van der Waals surface area contributed by atoms with Gasteiger partial charge in [0.25, 0.3) is 5.69 Å². The van der Waals surface area contributed by atoms with Gasteiger partial charge in [-0.3, -0.25) is 19.8 Å². The zero-order chi connectivity index (χ0) is 30.3. The van der Waals surface area contributed by atoms with Crippen molar-refractivity contribution in [1.29, 1.82) is 5.26 Å². The van der Waals surface area contributed by atoms with Crippen molar-refractivity contribution in [3.8, 4) is 11.8 Å². The first-order chi connectivity index (χ1) is 19.9. The fraction of sp³-hybridized carbons (Fsp3) is 0.273. The van der Waals surface area contributed by atoms with Crippen molar-refractivity contribution in [1.82, 2.24) is 0 Å². The number of allylic oxidation sites excluding steroid dienone is 3. The minimum atomic E-state index is -0.713. The van der Waals surface area contributed by atoms with Crippen molar-refractivity contribution in [2.24, 2.45) is 11.1 Å². The molecule has 3 aromatic rings. The van der Waals surface area contributed by atoms with Gasteiger partial charge in [-0.1, -0.05) is 55.8 Å². The second-order valence-electron chi connectivity index (χ2n) is 11.6. The molecule has 9 heteroatoms. The lowest BCUT2D eigenvalue weighted by Gasteiger charge is -2.43. The molecule has 1 aliphatic carbocycles. The number of halogens is 1. The molecule has 1 unspecified atom stereocenters. The molecule has 0 spiro atoms. The van der Waals surface area contributed by atoms with E-state index in [9.17, 15) is 20.2 Å². The predicted molar refractivity (Wildman–Crippen MR) is 165 cm³/mol. The van der Waals surface area contributed by atoms with Crippen LogP contribution in [-0.4, -0.2) is 10.7 Å². The van der Waals surface area contributed by atoms with Crippen LogP contribution in [0.2, 0.25) is 0 Å². The number of ketones is 1. The van der Waals surface area contributed by atoms with Gasteiger partial charge in [-0.15, -0.1) is 0 Å². The van der Waals surface area contributed by atoms with Gasteiger partial charge in [-0.05, 0) is 76.5 Å². The molecule has 0 saturated heterocycles. The van der Waals surface area contributed by atoms with Crippen LogP contribution in [0.1, 0.15) is 54.9 Å². The summed E-state index contributed by atoms with van der Waals surface area (Å²) in [6.45, 7) is 8.20. The second kappa shape index (κ2) is 11.1. The number of Topliss-reactive ketones (excluding diaryl/α,β-unsaturated/α-hetero) is 1. The molecule has 0 radical (unpaired) electrons. The van der Waals surface area contributed by atoms with Gasteiger partial charge in [0.05, 0.1) is 27.0 Å². The Kier molecular flexibility index (Phi) is 7.69. The zero-order valence-corrected chi connectivity index (χ0v) is 25.5. The first kappa shape index (κ1) is 29.1. The highest BCUT2D eigenvalue weighted by Crippen LogP contribution is 2.52. The number of ether oxygens (including phenoxy) is 1. The Balaban J connectivity index is 1.71. The molecule has 5 rings (SSSR count). The number of hydrogen-bond acceptors (Lipinski definition) is 7. The van der Waals surface area contributed by atoms with Crippen molar-refractivity contribution >= 4 is 33.1 Å². The Hall–Kier alpha value is -4.42. The van der Waals surface area contributed by atoms with E-state index in [4.69, 9.17) is 10.5 Å². The number of nitro benzene ring substituents is 1. The molecule has 1 aliphatic heterocycles. The van der Waals surface area contributed by atoms with Crippen LogP contribution in [0.3, 0.4) is 0 Å². The molecule has 8 nitrogen and oxygen atoms in total. The van der Waals surface area contributed by atoms with Crippen molar-refractivity contribution < 1.29 is 14.5 Å². The average Bonchev–Trinajstić information content (AvgIpc) is 2.93. The highest BCUT2D eigenvalue weighted by Gasteiger charge is 2.46. The van der Waals surface area contributed by atoms with E-state index in [2.05, 4.69) is 22.0 Å². The van der Waals surface area contributed by atoms with E-state index in [1.165, 1.54) is 6.07 Å². The van der Waals surface area contributed by atoms with Crippen LogP contribution in [0, 0.1) is 40.7 Å². The van der Waals surface area contributed by atoms with Gasteiger partial charge in [0.2, 0.25) is 0 Å². The number of nitrogens with two attached hydrogens (primary N) is 1. The number of aryl methyl sites for hydroxylation is 1. The molecule has 0 saturated carbocycles. The van der Waals surface area contributed by atoms with E-state index in [1.54, 1.807) is 23.1 Å². The van der Waals surface area contributed by atoms with Crippen molar-refractivity contribution in [2.75, 3.05) is 4.90 Å². The van der Waals surface area contributed by atoms with E-state index in [-0.39, 0.29) is 41.6 Å². The lowest BCUT2D eigenvalue weighted by Crippen LogP contribution is -2.42. The summed E-state index contributed by atoms with van der Waals surface area (Å²) in [5, 5.41) is 22.5. The van der Waals surface area contributed by atoms with Gasteiger partial charge in [0, 0.05) is 23.8 Å². The third-order valence-corrected chi connectivity index (χ3v) is 8.59. The predicted octanol–water partition coefficient (Wildman–Crippen LogP) is 7.49. The van der Waals surface area contributed by atoms with Crippen LogP contribution in [0.4, 0.5) is 11.4 Å². The monoisotopic (exact) mass is 626 g/mol. The van der Waals surface area contributed by atoms with Crippen LogP contribution < -0.4 is 15.4 Å². The number of hydrogen-bond donors (Lipinski definition) is 1. The Bertz CT molecular complexity index is 1730. The highest BCUT2D eigenvalue weighted by molar-refractivity contribution is 9.10. The molecule has 42 heavy (non-hydrogen) atoms. The summed E-state index contributed by atoms with van der Waals surface area (Å²) in [7, 11) is 0. The maximum Gasteiger partial charge on any atom is 0.293 e. The molecule has 3 aromatic carbocycles. The molecule has 1 atom stereocenters. The van der Waals surface area contributed by atoms with Gasteiger partial charge >= 0.3 is 0 Å². The van der Waals surface area contributed by atoms with E-state index < -0.39 is 16.3 Å². The van der Waals surface area contributed by atoms with E-state index in [0.29, 0.717) is 23.4 Å². The largest absolute Gasteiger partial charge is 0.488 e. The Morgan fingerprint density at radius 1 is 1.14 bits per heavy atom. The molecule has 1 heterocycles. The molecule has 2 aliphatic rings. The number of carbonyl (C=O) groups is 1. The van der Waals surface area contributed by atoms with Gasteiger partial charge in [0.15, 0.2) is 5.78 Å². The summed E-state index contributed by atoms with van der Waals surface area (Å²) in [6.07, 6.45) is 0.743. The summed E-state index contributed by atoms with van der Waals surface area (Å²) >= 11 is 3.52. The summed E-state index contributed by atoms with van der Waals surface area (Å²) in [6, 6.07) is 20.2. The van der Waals surface area contributed by atoms with Crippen LogP contribution in [-0.2, 0) is 11.4 Å². The summed E-state index contributed by atoms with van der Waals surface area (Å²) in [5.41, 5.74) is 11.2. The number of nitrogens with zero attached hydrogens (tertiary/aromatic N) is 3. The third-order valence-electron chi connectivity index (χ3n) is 7.93. The van der Waals surface area contributed by atoms with Crippen LogP contribution >= 0.6 is 15.9 Å². The molecule has 2 N–H and O–H groups in total. The molecule has 0 amide bonds. The summed E-state index contributed by atoms with van der Waals surface area (Å²) < 4.78 is 6.98. The fourth-order valence-corrected chi connectivity index (χ4v) is 6.43. The van der Waals surface area contributed by atoms with Gasteiger partial charge < -0.3 is 10.5 Å². The van der Waals surface area contributed by atoms with Crippen LogP contribution in [0.25, 0.3) is 0 Å². The van der Waals surface area contributed by atoms with Gasteiger partial charge in [0.1, 0.15) is 23.9 Å². The molecular weight excluding hydrogens is 596 g/mol. The summed E-state index contributed by atoms with van der Waals surface area (Å²) in [4.78, 5) is 27.1. The normalized spacial score (nSPS) is 18.0. The first-order valence-corrected chi connectivity index (χ1v) is 14.4. The number of benzene rings is 3. The SMILES string of the molecule is Cc1cc(COc2ccccc2Br)c(C)c(C2C(C#N)=C(N)N(c3ccccc3[N+](=O)[O-])C3=C2C(=O)CC(C)(C)C3)c1. The number of anilines is 1. The topological polar surface area (TPSA) is 122 Å². The van der Waals surface area contributed by atoms with Gasteiger partial charge in [-0.2, -0.15) is 5.26 Å². The molecule has 0 bridgehead atoms. The minimum absolute atomic E-state index is 0.0907. The quantitative estimate of drug-likeness (QED) is 0.222. The fourth-order valence-electron chi connectivity index (χ4n) is 6.03. The van der Waals surface area contributed by atoms with Gasteiger partial charge in [-0.25, -0.2) is 0 Å². The smallest absolute Gasteiger partial charge is 0.293 e. The molecule has 214 valence electrons. The number of para-hydroxylation sites is 3. The lowest BCUT2D eigenvalue weighted by molar-refractivity contribution is -0.384. The zero-order valence-electron chi connectivity index (χ0n) is 23.9. The number of nitriles is 1. The highest BCUT2D eigenvalue weighted by atomic mass is 79.9. The third kappa shape index (κ3) is 5.19. The number of carbonyl (C=O) groups excluding carboxylic acids is 1. The maximum absolute atomic E-state index is 14.0. The van der Waals surface area contributed by atoms with E-state index >= 15 is 0 Å². The number of nitro groups is 1. The van der Waals surface area contributed by atoms with E-state index in [0.717, 1.165) is 26.7 Å².